The van der Waals surface area contributed by atoms with Crippen molar-refractivity contribution in [2.75, 3.05) is 7.05 Å². The molecule has 2 N–H and O–H groups in total. The maximum atomic E-state index is 6.77. The zero-order valence-electron chi connectivity index (χ0n) is 12.8. The smallest absolute Gasteiger partial charge is 0.0779 e. The van der Waals surface area contributed by atoms with Crippen molar-refractivity contribution >= 4 is 17.2 Å². The van der Waals surface area contributed by atoms with Gasteiger partial charge in [0, 0.05) is 18.6 Å². The normalized spacial score (nSPS) is 41.2. The minimum atomic E-state index is -0.0278. The summed E-state index contributed by atoms with van der Waals surface area (Å²) in [4.78, 5) is 3.50. The monoisotopic (exact) mass is 282 g/mol. The van der Waals surface area contributed by atoms with Crippen LogP contribution >= 0.6 is 12.2 Å². The van der Waals surface area contributed by atoms with Crippen molar-refractivity contribution in [3.63, 3.8) is 0 Å². The van der Waals surface area contributed by atoms with Crippen LogP contribution in [0.4, 0.5) is 0 Å². The molecule has 0 aromatic rings. The quantitative estimate of drug-likeness (QED) is 0.743. The molecule has 1 saturated heterocycles. The Morgan fingerprint density at radius 2 is 2.00 bits per heavy atom. The third kappa shape index (κ3) is 3.30. The van der Waals surface area contributed by atoms with E-state index in [1.807, 2.05) is 0 Å². The molecule has 110 valence electrons. The summed E-state index contributed by atoms with van der Waals surface area (Å²) in [5, 5.41) is 0. The highest BCUT2D eigenvalue weighted by molar-refractivity contribution is 7.80. The maximum Gasteiger partial charge on any atom is 0.0779 e. The van der Waals surface area contributed by atoms with Gasteiger partial charge in [0.2, 0.25) is 0 Å². The average Bonchev–Trinajstić information content (AvgIpc) is 2.42. The first-order valence-electron chi connectivity index (χ1n) is 8.00. The van der Waals surface area contributed by atoms with Crippen LogP contribution < -0.4 is 5.73 Å². The van der Waals surface area contributed by atoms with E-state index in [4.69, 9.17) is 18.0 Å². The summed E-state index contributed by atoms with van der Waals surface area (Å²) < 4.78 is 0. The van der Waals surface area contributed by atoms with Gasteiger partial charge in [0.25, 0.3) is 0 Å². The standard InChI is InChI=1S/C16H30N2S/c1-4-12-7-5-6-8-14-13(16(2,17)11-12)9-10-15(19)18(14)3/h12-14H,4-11,17H2,1-3H3. The first kappa shape index (κ1) is 15.2. The van der Waals surface area contributed by atoms with Gasteiger partial charge < -0.3 is 10.6 Å². The van der Waals surface area contributed by atoms with E-state index in [-0.39, 0.29) is 5.54 Å². The Kier molecular flexibility index (Phi) is 4.88. The van der Waals surface area contributed by atoms with E-state index in [1.165, 1.54) is 44.9 Å². The topological polar surface area (TPSA) is 29.3 Å². The molecule has 0 amide bonds. The third-order valence-corrected chi connectivity index (χ3v) is 6.03. The van der Waals surface area contributed by atoms with Crippen LogP contribution in [0.1, 0.15) is 65.2 Å². The van der Waals surface area contributed by atoms with Crippen LogP contribution in [0.3, 0.4) is 0 Å². The number of fused-ring (bicyclic) bond motifs is 1. The van der Waals surface area contributed by atoms with Crippen LogP contribution in [-0.4, -0.2) is 28.5 Å². The fourth-order valence-corrected chi connectivity index (χ4v) is 4.53. The number of hydrogen-bond acceptors (Lipinski definition) is 2. The van der Waals surface area contributed by atoms with Crippen molar-refractivity contribution in [1.82, 2.24) is 4.90 Å². The van der Waals surface area contributed by atoms with E-state index in [2.05, 4.69) is 25.8 Å². The molecule has 1 aliphatic heterocycles. The lowest BCUT2D eigenvalue weighted by atomic mass is 9.71. The second kappa shape index (κ2) is 6.09. The summed E-state index contributed by atoms with van der Waals surface area (Å²) in [5.41, 5.74) is 6.75. The van der Waals surface area contributed by atoms with Gasteiger partial charge in [-0.25, -0.2) is 0 Å². The van der Waals surface area contributed by atoms with Gasteiger partial charge in [-0.2, -0.15) is 0 Å². The van der Waals surface area contributed by atoms with Gasteiger partial charge in [-0.05, 0) is 44.4 Å². The van der Waals surface area contributed by atoms with E-state index >= 15 is 0 Å². The van der Waals surface area contributed by atoms with Gasteiger partial charge in [-0.15, -0.1) is 0 Å². The van der Waals surface area contributed by atoms with E-state index in [1.54, 1.807) is 0 Å². The Morgan fingerprint density at radius 3 is 2.68 bits per heavy atom. The lowest BCUT2D eigenvalue weighted by Crippen LogP contribution is -2.57. The lowest BCUT2D eigenvalue weighted by molar-refractivity contribution is 0.119. The number of likely N-dealkylation sites (tertiary alicyclic amines) is 1. The highest BCUT2D eigenvalue weighted by atomic mass is 32.1. The molecule has 1 aliphatic carbocycles. The zero-order valence-corrected chi connectivity index (χ0v) is 13.6. The van der Waals surface area contributed by atoms with Crippen molar-refractivity contribution in [3.05, 3.63) is 0 Å². The molecule has 0 aromatic carbocycles. The van der Waals surface area contributed by atoms with Gasteiger partial charge >= 0.3 is 0 Å². The molecule has 2 nitrogen and oxygen atoms in total. The molecule has 4 unspecified atom stereocenters. The largest absolute Gasteiger partial charge is 0.366 e. The molecule has 2 rings (SSSR count). The molecule has 4 atom stereocenters. The van der Waals surface area contributed by atoms with Crippen molar-refractivity contribution in [2.24, 2.45) is 17.6 Å². The first-order valence-corrected chi connectivity index (χ1v) is 8.41. The van der Waals surface area contributed by atoms with Gasteiger partial charge in [-0.3, -0.25) is 0 Å². The van der Waals surface area contributed by atoms with Gasteiger partial charge in [0.05, 0.1) is 4.99 Å². The number of hydrogen-bond donors (Lipinski definition) is 1. The Hall–Kier alpha value is -0.150. The minimum absolute atomic E-state index is 0.0278. The molecule has 2 fully saturated rings. The second-order valence-corrected chi connectivity index (χ2v) is 7.46. The Bertz CT molecular complexity index is 327. The van der Waals surface area contributed by atoms with E-state index < -0.39 is 0 Å². The van der Waals surface area contributed by atoms with Gasteiger partial charge in [0.1, 0.15) is 0 Å². The fraction of sp³-hybridized carbons (Fsp3) is 0.938. The van der Waals surface area contributed by atoms with E-state index in [0.717, 1.165) is 17.3 Å². The molecule has 0 bridgehead atoms. The number of rotatable bonds is 1. The highest BCUT2D eigenvalue weighted by Gasteiger charge is 2.42. The Balaban J connectivity index is 2.21. The fourth-order valence-electron chi connectivity index (χ4n) is 4.28. The number of nitrogens with zero attached hydrogens (tertiary/aromatic N) is 1. The van der Waals surface area contributed by atoms with Gasteiger partial charge in [-0.1, -0.05) is 44.8 Å². The number of thiocarbonyl (C=S) groups is 1. The van der Waals surface area contributed by atoms with Gasteiger partial charge in [0.15, 0.2) is 0 Å². The van der Waals surface area contributed by atoms with Crippen LogP contribution in [0.25, 0.3) is 0 Å². The van der Waals surface area contributed by atoms with Crippen LogP contribution in [-0.2, 0) is 0 Å². The van der Waals surface area contributed by atoms with E-state index in [0.29, 0.717) is 12.0 Å². The molecule has 0 radical (unpaired) electrons. The molecule has 1 saturated carbocycles. The number of piperidine rings is 1. The van der Waals surface area contributed by atoms with Crippen molar-refractivity contribution in [1.29, 1.82) is 0 Å². The second-order valence-electron chi connectivity index (χ2n) is 6.99. The predicted octanol–water partition coefficient (Wildman–Crippen LogP) is 3.73. The number of nitrogens with two attached hydrogens (primary N) is 1. The van der Waals surface area contributed by atoms with Crippen LogP contribution in [0.15, 0.2) is 0 Å². The zero-order chi connectivity index (χ0) is 14.0. The summed E-state index contributed by atoms with van der Waals surface area (Å²) >= 11 is 5.51. The van der Waals surface area contributed by atoms with Crippen molar-refractivity contribution in [2.45, 2.75) is 76.8 Å². The molecule has 19 heavy (non-hydrogen) atoms. The van der Waals surface area contributed by atoms with Crippen LogP contribution in [0.2, 0.25) is 0 Å². The average molecular weight is 282 g/mol. The summed E-state index contributed by atoms with van der Waals surface area (Å²) in [6.45, 7) is 4.61. The lowest BCUT2D eigenvalue weighted by Gasteiger charge is -2.48. The van der Waals surface area contributed by atoms with Crippen LogP contribution in [0.5, 0.6) is 0 Å². The summed E-state index contributed by atoms with van der Waals surface area (Å²) in [6.07, 6.45) is 10.0. The van der Waals surface area contributed by atoms with Crippen molar-refractivity contribution in [3.8, 4) is 0 Å². The van der Waals surface area contributed by atoms with Crippen LogP contribution in [0, 0.1) is 11.8 Å². The minimum Gasteiger partial charge on any atom is -0.366 e. The maximum absolute atomic E-state index is 6.77. The molecular weight excluding hydrogens is 252 g/mol. The first-order chi connectivity index (χ1) is 8.95. The summed E-state index contributed by atoms with van der Waals surface area (Å²) in [5.74, 6) is 1.42. The summed E-state index contributed by atoms with van der Waals surface area (Å²) in [7, 11) is 2.18. The molecule has 0 aromatic heterocycles. The molecule has 1 heterocycles. The van der Waals surface area contributed by atoms with Crippen molar-refractivity contribution < 1.29 is 0 Å². The highest BCUT2D eigenvalue weighted by Crippen LogP contribution is 2.39. The summed E-state index contributed by atoms with van der Waals surface area (Å²) in [6, 6.07) is 0.576. The Labute approximate surface area is 124 Å². The molecular formula is C16H30N2S. The predicted molar refractivity (Wildman–Crippen MR) is 86.3 cm³/mol. The SMILES string of the molecule is CCC1CCCCC2C(CCC(=S)N2C)C(C)(N)C1. The molecule has 3 heteroatoms. The van der Waals surface area contributed by atoms with E-state index in [9.17, 15) is 0 Å². The third-order valence-electron chi connectivity index (χ3n) is 5.54. The Morgan fingerprint density at radius 1 is 1.32 bits per heavy atom. The molecule has 2 aliphatic rings. The molecule has 0 spiro atoms.